The molecule has 2 N–H and O–H groups in total. The lowest BCUT2D eigenvalue weighted by atomic mass is 10.2. The van der Waals surface area contributed by atoms with Crippen LogP contribution in [0.25, 0.3) is 0 Å². The summed E-state index contributed by atoms with van der Waals surface area (Å²) < 4.78 is 26.9. The summed E-state index contributed by atoms with van der Waals surface area (Å²) in [6, 6.07) is 15.7. The van der Waals surface area contributed by atoms with Crippen molar-refractivity contribution < 1.29 is 18.3 Å². The fourth-order valence-electron chi connectivity index (χ4n) is 3.40. The highest BCUT2D eigenvalue weighted by molar-refractivity contribution is 7.89. The number of hydrogen-bond acceptors (Lipinski definition) is 5. The third-order valence-electron chi connectivity index (χ3n) is 4.76. The molecule has 2 aromatic carbocycles. The number of anilines is 2. The second kappa shape index (κ2) is 9.39. The molecule has 8 heteroatoms. The van der Waals surface area contributed by atoms with Gasteiger partial charge in [0.25, 0.3) is 0 Å². The number of sulfonamides is 1. The number of hydrogen-bond donors (Lipinski definition) is 2. The number of para-hydroxylation sites is 1. The van der Waals surface area contributed by atoms with Gasteiger partial charge in [-0.2, -0.15) is 4.31 Å². The summed E-state index contributed by atoms with van der Waals surface area (Å²) >= 11 is 0. The van der Waals surface area contributed by atoms with Crippen LogP contribution in [0, 0.1) is 0 Å². The summed E-state index contributed by atoms with van der Waals surface area (Å²) in [5, 5.41) is 12.5. The van der Waals surface area contributed by atoms with Crippen molar-refractivity contribution in [3.63, 3.8) is 0 Å². The Hall–Kier alpha value is -2.42. The van der Waals surface area contributed by atoms with Crippen molar-refractivity contribution in [3.8, 4) is 0 Å². The van der Waals surface area contributed by atoms with Crippen molar-refractivity contribution in [2.45, 2.75) is 30.8 Å². The molecule has 29 heavy (non-hydrogen) atoms. The number of carbonyl (C=O) groups excluding carboxylic acids is 1. The van der Waals surface area contributed by atoms with Crippen molar-refractivity contribution in [2.24, 2.45) is 0 Å². The van der Waals surface area contributed by atoms with Crippen molar-refractivity contribution in [1.29, 1.82) is 0 Å². The van der Waals surface area contributed by atoms with Gasteiger partial charge < -0.3 is 15.3 Å². The third kappa shape index (κ3) is 5.56. The normalized spacial score (nSPS) is 15.8. The molecule has 1 amide bonds. The number of nitrogens with zero attached hydrogens (tertiary/aromatic N) is 2. The topological polar surface area (TPSA) is 90.0 Å². The monoisotopic (exact) mass is 417 g/mol. The van der Waals surface area contributed by atoms with E-state index in [0.717, 1.165) is 18.5 Å². The van der Waals surface area contributed by atoms with Crippen LogP contribution in [-0.2, 0) is 14.8 Å². The maximum atomic E-state index is 12.7. The number of carbonyl (C=O) groups is 1. The Morgan fingerprint density at radius 3 is 2.48 bits per heavy atom. The second-order valence-corrected chi connectivity index (χ2v) is 9.19. The maximum Gasteiger partial charge on any atom is 0.243 e. The zero-order valence-electron chi connectivity index (χ0n) is 16.5. The predicted molar refractivity (Wildman–Crippen MR) is 113 cm³/mol. The molecule has 0 aliphatic carbocycles. The number of nitrogens with one attached hydrogen (secondary N) is 1. The lowest BCUT2D eigenvalue weighted by Crippen LogP contribution is -2.37. The first-order chi connectivity index (χ1) is 13.9. The molecule has 1 aliphatic rings. The molecule has 1 saturated heterocycles. The lowest BCUT2D eigenvalue weighted by molar-refractivity contribution is -0.115. The first-order valence-corrected chi connectivity index (χ1v) is 11.2. The first-order valence-electron chi connectivity index (χ1n) is 9.74. The van der Waals surface area contributed by atoms with Gasteiger partial charge in [0.15, 0.2) is 0 Å². The number of benzene rings is 2. The van der Waals surface area contributed by atoms with Crippen LogP contribution in [0.3, 0.4) is 0 Å². The Kier molecular flexibility index (Phi) is 6.89. The molecule has 0 bridgehead atoms. The molecule has 7 nitrogen and oxygen atoms in total. The minimum atomic E-state index is -3.54. The summed E-state index contributed by atoms with van der Waals surface area (Å²) in [6.45, 7) is 3.08. The molecule has 0 aromatic heterocycles. The molecule has 1 atom stereocenters. The van der Waals surface area contributed by atoms with Crippen LogP contribution in [-0.4, -0.2) is 56.0 Å². The zero-order valence-corrected chi connectivity index (χ0v) is 17.3. The Morgan fingerprint density at radius 1 is 1.14 bits per heavy atom. The van der Waals surface area contributed by atoms with Gasteiger partial charge in [0.1, 0.15) is 0 Å². The minimum Gasteiger partial charge on any atom is -0.392 e. The van der Waals surface area contributed by atoms with E-state index >= 15 is 0 Å². The number of aliphatic hydroxyl groups excluding tert-OH is 1. The average Bonchev–Trinajstić information content (AvgIpc) is 3.24. The van der Waals surface area contributed by atoms with Crippen molar-refractivity contribution in [2.75, 3.05) is 36.4 Å². The Bertz CT molecular complexity index is 926. The fourth-order valence-corrected chi connectivity index (χ4v) is 4.97. The van der Waals surface area contributed by atoms with Crippen LogP contribution in [0.1, 0.15) is 19.8 Å². The van der Waals surface area contributed by atoms with Crippen LogP contribution in [0.4, 0.5) is 11.4 Å². The van der Waals surface area contributed by atoms with Crippen molar-refractivity contribution in [3.05, 3.63) is 54.6 Å². The number of amides is 1. The Morgan fingerprint density at radius 2 is 1.83 bits per heavy atom. The molecular formula is C21H27N3O4S. The molecule has 0 spiro atoms. The van der Waals surface area contributed by atoms with E-state index in [0.29, 0.717) is 25.3 Å². The highest BCUT2D eigenvalue weighted by Gasteiger charge is 2.27. The molecule has 1 heterocycles. The average molecular weight is 418 g/mol. The highest BCUT2D eigenvalue weighted by Crippen LogP contribution is 2.23. The van der Waals surface area contributed by atoms with Gasteiger partial charge in [0.2, 0.25) is 15.9 Å². The Balaban J connectivity index is 1.71. The van der Waals surface area contributed by atoms with E-state index in [1.54, 1.807) is 30.0 Å². The summed E-state index contributed by atoms with van der Waals surface area (Å²) in [5.41, 5.74) is 1.26. The molecule has 2 aromatic rings. The van der Waals surface area contributed by atoms with E-state index in [-0.39, 0.29) is 17.3 Å². The molecule has 0 saturated carbocycles. The minimum absolute atomic E-state index is 0.0397. The molecule has 3 rings (SSSR count). The largest absolute Gasteiger partial charge is 0.392 e. The van der Waals surface area contributed by atoms with Gasteiger partial charge in [-0.1, -0.05) is 24.3 Å². The quantitative estimate of drug-likeness (QED) is 0.688. The SMILES string of the molecule is CC(O)CN(CC(=O)Nc1cccc(S(=O)(=O)N2CCCC2)c1)c1ccccc1. The van der Waals surface area contributed by atoms with Crippen molar-refractivity contribution >= 4 is 27.3 Å². The molecule has 156 valence electrons. The van der Waals surface area contributed by atoms with Gasteiger partial charge >= 0.3 is 0 Å². The van der Waals surface area contributed by atoms with Gasteiger partial charge in [-0.3, -0.25) is 4.79 Å². The summed E-state index contributed by atoms with van der Waals surface area (Å²) in [6.07, 6.45) is 1.14. The van der Waals surface area contributed by atoms with Crippen LogP contribution in [0.2, 0.25) is 0 Å². The van der Waals surface area contributed by atoms with E-state index in [9.17, 15) is 18.3 Å². The lowest BCUT2D eigenvalue weighted by Gasteiger charge is -2.25. The molecule has 0 radical (unpaired) electrons. The molecule has 1 aliphatic heterocycles. The maximum absolute atomic E-state index is 12.7. The van der Waals surface area contributed by atoms with Crippen LogP contribution in [0.15, 0.2) is 59.5 Å². The van der Waals surface area contributed by atoms with E-state index < -0.39 is 16.1 Å². The fraction of sp³-hybridized carbons (Fsp3) is 0.381. The van der Waals surface area contributed by atoms with Gasteiger partial charge in [-0.05, 0) is 50.1 Å². The third-order valence-corrected chi connectivity index (χ3v) is 6.66. The molecule has 1 unspecified atom stereocenters. The number of rotatable bonds is 8. The van der Waals surface area contributed by atoms with E-state index in [4.69, 9.17) is 0 Å². The van der Waals surface area contributed by atoms with Gasteiger partial charge in [0, 0.05) is 31.0 Å². The molecular weight excluding hydrogens is 390 g/mol. The summed E-state index contributed by atoms with van der Waals surface area (Å²) in [7, 11) is -3.54. The standard InChI is InChI=1S/C21H27N3O4S/c1-17(25)15-23(19-9-3-2-4-10-19)16-21(26)22-18-8-7-11-20(14-18)29(27,28)24-12-5-6-13-24/h2-4,7-11,14,17,25H,5-6,12-13,15-16H2,1H3,(H,22,26). The van der Waals surface area contributed by atoms with E-state index in [1.165, 1.54) is 10.4 Å². The second-order valence-electron chi connectivity index (χ2n) is 7.25. The first kappa shape index (κ1) is 21.3. The van der Waals surface area contributed by atoms with E-state index in [1.807, 2.05) is 30.3 Å². The number of aliphatic hydroxyl groups is 1. The van der Waals surface area contributed by atoms with Gasteiger partial charge in [-0.25, -0.2) is 8.42 Å². The van der Waals surface area contributed by atoms with E-state index in [2.05, 4.69) is 5.32 Å². The van der Waals surface area contributed by atoms with Gasteiger partial charge in [0.05, 0.1) is 17.5 Å². The van der Waals surface area contributed by atoms with Crippen molar-refractivity contribution in [1.82, 2.24) is 4.31 Å². The molecule has 1 fully saturated rings. The predicted octanol–water partition coefficient (Wildman–Crippen LogP) is 2.30. The summed E-state index contributed by atoms with van der Waals surface area (Å²) in [5.74, 6) is -0.287. The highest BCUT2D eigenvalue weighted by atomic mass is 32.2. The smallest absolute Gasteiger partial charge is 0.243 e. The van der Waals surface area contributed by atoms with Crippen LogP contribution < -0.4 is 10.2 Å². The van der Waals surface area contributed by atoms with Crippen LogP contribution >= 0.6 is 0 Å². The summed E-state index contributed by atoms with van der Waals surface area (Å²) in [4.78, 5) is 14.6. The van der Waals surface area contributed by atoms with Gasteiger partial charge in [-0.15, -0.1) is 0 Å². The van der Waals surface area contributed by atoms with Crippen LogP contribution in [0.5, 0.6) is 0 Å². The Labute approximate surface area is 172 Å². The zero-order chi connectivity index (χ0) is 20.9.